The number of carboxylic acid groups (broad SMARTS) is 1. The highest BCUT2D eigenvalue weighted by Crippen LogP contribution is 2.40. The quantitative estimate of drug-likeness (QED) is 0.475. The van der Waals surface area contributed by atoms with Crippen LogP contribution in [0.25, 0.3) is 0 Å². The topological polar surface area (TPSA) is 55.8 Å². The lowest BCUT2D eigenvalue weighted by Crippen LogP contribution is -2.36. The standard InChI is InChI=1S/C23H32O4/c1-16(8-6-10-17(2)22(24)25)9-7-12-23(4)13-11-19-15-20(26-5)14-18(3)21(19)27-23/h9-10,14-15H,6-8,11-13H2,1-5H3,(H,24,25)/b16-9+,17-10-. The van der Waals surface area contributed by atoms with Gasteiger partial charge in [-0.1, -0.05) is 17.7 Å². The number of aliphatic carboxylic acids is 1. The molecular formula is C23H32O4. The number of aryl methyl sites for hydroxylation is 2. The van der Waals surface area contributed by atoms with Crippen LogP contribution < -0.4 is 9.47 Å². The lowest BCUT2D eigenvalue weighted by atomic mass is 9.87. The van der Waals surface area contributed by atoms with Crippen LogP contribution in [0.3, 0.4) is 0 Å². The summed E-state index contributed by atoms with van der Waals surface area (Å²) in [5.41, 5.74) is 3.92. The lowest BCUT2D eigenvalue weighted by Gasteiger charge is -2.37. The molecule has 1 aliphatic heterocycles. The average Bonchev–Trinajstić information content (AvgIpc) is 2.62. The molecule has 0 saturated carbocycles. The molecule has 1 heterocycles. The van der Waals surface area contributed by atoms with Crippen molar-refractivity contribution in [1.82, 2.24) is 0 Å². The van der Waals surface area contributed by atoms with Gasteiger partial charge in [0.25, 0.3) is 0 Å². The predicted octanol–water partition coefficient (Wildman–Crippen LogP) is 5.62. The molecule has 1 N–H and O–H groups in total. The molecule has 1 atom stereocenters. The number of rotatable bonds is 8. The van der Waals surface area contributed by atoms with Crippen LogP contribution in [0.2, 0.25) is 0 Å². The van der Waals surface area contributed by atoms with Gasteiger partial charge in [-0.2, -0.15) is 0 Å². The highest BCUT2D eigenvalue weighted by molar-refractivity contribution is 5.85. The third kappa shape index (κ3) is 5.88. The van der Waals surface area contributed by atoms with E-state index in [2.05, 4.69) is 32.9 Å². The van der Waals surface area contributed by atoms with E-state index in [4.69, 9.17) is 14.6 Å². The minimum atomic E-state index is -0.841. The van der Waals surface area contributed by atoms with Gasteiger partial charge in [0.2, 0.25) is 0 Å². The number of allylic oxidation sites excluding steroid dienone is 3. The minimum absolute atomic E-state index is 0.150. The molecule has 0 fully saturated rings. The maximum absolute atomic E-state index is 10.8. The molecule has 0 amide bonds. The van der Waals surface area contributed by atoms with Crippen molar-refractivity contribution < 1.29 is 19.4 Å². The lowest BCUT2D eigenvalue weighted by molar-refractivity contribution is -0.132. The van der Waals surface area contributed by atoms with Crippen LogP contribution in [0.5, 0.6) is 11.5 Å². The molecule has 1 aromatic carbocycles. The molecule has 0 aromatic heterocycles. The highest BCUT2D eigenvalue weighted by Gasteiger charge is 2.32. The summed E-state index contributed by atoms with van der Waals surface area (Å²) in [6, 6.07) is 4.11. The molecule has 0 radical (unpaired) electrons. The van der Waals surface area contributed by atoms with Gasteiger partial charge in [0.05, 0.1) is 7.11 Å². The maximum atomic E-state index is 10.8. The van der Waals surface area contributed by atoms with E-state index in [0.29, 0.717) is 5.57 Å². The van der Waals surface area contributed by atoms with Crippen molar-refractivity contribution in [3.63, 3.8) is 0 Å². The maximum Gasteiger partial charge on any atom is 0.330 e. The van der Waals surface area contributed by atoms with Crippen LogP contribution in [0.1, 0.15) is 64.0 Å². The van der Waals surface area contributed by atoms with E-state index < -0.39 is 5.97 Å². The van der Waals surface area contributed by atoms with Crippen LogP contribution in [-0.4, -0.2) is 23.8 Å². The summed E-state index contributed by atoms with van der Waals surface area (Å²) in [5, 5.41) is 8.88. The number of ether oxygens (including phenoxy) is 2. The Kier molecular flexibility index (Phi) is 7.11. The number of carbonyl (C=O) groups is 1. The van der Waals surface area contributed by atoms with Crippen molar-refractivity contribution in [2.75, 3.05) is 7.11 Å². The summed E-state index contributed by atoms with van der Waals surface area (Å²) in [6.07, 6.45) is 9.65. The third-order valence-electron chi connectivity index (χ3n) is 5.32. The molecule has 4 heteroatoms. The second kappa shape index (κ2) is 9.12. The summed E-state index contributed by atoms with van der Waals surface area (Å²) in [6.45, 7) is 8.02. The summed E-state index contributed by atoms with van der Waals surface area (Å²) in [7, 11) is 1.70. The van der Waals surface area contributed by atoms with E-state index in [9.17, 15) is 4.79 Å². The zero-order chi connectivity index (χ0) is 20.0. The molecule has 1 aromatic rings. The molecule has 1 aliphatic rings. The van der Waals surface area contributed by atoms with Crippen LogP contribution in [0, 0.1) is 6.92 Å². The van der Waals surface area contributed by atoms with Crippen LogP contribution in [0.4, 0.5) is 0 Å². The first-order chi connectivity index (χ1) is 12.7. The van der Waals surface area contributed by atoms with Crippen LogP contribution in [-0.2, 0) is 11.2 Å². The Morgan fingerprint density at radius 2 is 2.04 bits per heavy atom. The first kappa shape index (κ1) is 21.1. The molecular weight excluding hydrogens is 340 g/mol. The first-order valence-electron chi connectivity index (χ1n) is 9.66. The van der Waals surface area contributed by atoms with E-state index in [1.165, 1.54) is 11.1 Å². The second-order valence-corrected chi connectivity index (χ2v) is 7.80. The second-order valence-electron chi connectivity index (χ2n) is 7.80. The third-order valence-corrected chi connectivity index (χ3v) is 5.32. The van der Waals surface area contributed by atoms with E-state index in [1.807, 2.05) is 6.07 Å². The van der Waals surface area contributed by atoms with E-state index in [0.717, 1.165) is 55.6 Å². The van der Waals surface area contributed by atoms with Gasteiger partial charge in [0.1, 0.15) is 17.1 Å². The number of hydrogen-bond acceptors (Lipinski definition) is 3. The minimum Gasteiger partial charge on any atom is -0.497 e. The Hall–Kier alpha value is -2.23. The van der Waals surface area contributed by atoms with Gasteiger partial charge in [-0.25, -0.2) is 4.79 Å². The van der Waals surface area contributed by atoms with Crippen LogP contribution >= 0.6 is 0 Å². The monoisotopic (exact) mass is 372 g/mol. The van der Waals surface area contributed by atoms with Crippen molar-refractivity contribution >= 4 is 5.97 Å². The van der Waals surface area contributed by atoms with Gasteiger partial charge in [-0.3, -0.25) is 0 Å². The van der Waals surface area contributed by atoms with Gasteiger partial charge < -0.3 is 14.6 Å². The molecule has 27 heavy (non-hydrogen) atoms. The zero-order valence-electron chi connectivity index (χ0n) is 17.2. The van der Waals surface area contributed by atoms with Crippen molar-refractivity contribution in [3.8, 4) is 11.5 Å². The molecule has 0 spiro atoms. The van der Waals surface area contributed by atoms with Gasteiger partial charge in [0.15, 0.2) is 0 Å². The van der Waals surface area contributed by atoms with Crippen LogP contribution in [0.15, 0.2) is 35.4 Å². The van der Waals surface area contributed by atoms with Gasteiger partial charge in [0, 0.05) is 5.57 Å². The molecule has 1 unspecified atom stereocenters. The van der Waals surface area contributed by atoms with E-state index in [-0.39, 0.29) is 5.60 Å². The number of hydrogen-bond donors (Lipinski definition) is 1. The first-order valence-corrected chi connectivity index (χ1v) is 9.66. The fraction of sp³-hybridized carbons (Fsp3) is 0.522. The Labute approximate surface area is 162 Å². The zero-order valence-corrected chi connectivity index (χ0v) is 17.2. The number of benzene rings is 1. The molecule has 148 valence electrons. The normalized spacial score (nSPS) is 20.0. The molecule has 4 nitrogen and oxygen atoms in total. The fourth-order valence-electron chi connectivity index (χ4n) is 3.46. The summed E-state index contributed by atoms with van der Waals surface area (Å²) in [5.74, 6) is 1.07. The Morgan fingerprint density at radius 1 is 1.30 bits per heavy atom. The summed E-state index contributed by atoms with van der Waals surface area (Å²) in [4.78, 5) is 10.8. The van der Waals surface area contributed by atoms with Gasteiger partial charge in [-0.05, 0) is 89.5 Å². The average molecular weight is 373 g/mol. The van der Waals surface area contributed by atoms with Crippen molar-refractivity contribution in [2.24, 2.45) is 0 Å². The Bertz CT molecular complexity index is 745. The van der Waals surface area contributed by atoms with Crippen molar-refractivity contribution in [1.29, 1.82) is 0 Å². The van der Waals surface area contributed by atoms with Gasteiger partial charge >= 0.3 is 5.97 Å². The number of fused-ring (bicyclic) bond motifs is 1. The predicted molar refractivity (Wildman–Crippen MR) is 109 cm³/mol. The SMILES string of the molecule is COc1cc(C)c2c(c1)CCC(C)(CC/C=C(\C)CC/C=C(/C)C(=O)O)O2. The molecule has 0 saturated heterocycles. The van der Waals surface area contributed by atoms with E-state index >= 15 is 0 Å². The summed E-state index contributed by atoms with van der Waals surface area (Å²) < 4.78 is 11.8. The fourth-order valence-corrected chi connectivity index (χ4v) is 3.46. The van der Waals surface area contributed by atoms with E-state index in [1.54, 1.807) is 20.1 Å². The Morgan fingerprint density at radius 3 is 2.70 bits per heavy atom. The number of methoxy groups -OCH3 is 1. The van der Waals surface area contributed by atoms with Crippen molar-refractivity contribution in [3.05, 3.63) is 46.6 Å². The van der Waals surface area contributed by atoms with Crippen molar-refractivity contribution in [2.45, 2.75) is 71.8 Å². The largest absolute Gasteiger partial charge is 0.497 e. The molecule has 0 bridgehead atoms. The molecule has 0 aliphatic carbocycles. The Balaban J connectivity index is 1.91. The highest BCUT2D eigenvalue weighted by atomic mass is 16.5. The smallest absolute Gasteiger partial charge is 0.330 e. The number of carboxylic acids is 1. The van der Waals surface area contributed by atoms with Gasteiger partial charge in [-0.15, -0.1) is 0 Å². The molecule has 2 rings (SSSR count). The summed E-state index contributed by atoms with van der Waals surface area (Å²) >= 11 is 0.